The van der Waals surface area contributed by atoms with Crippen molar-refractivity contribution in [2.75, 3.05) is 25.5 Å². The first-order valence-corrected chi connectivity index (χ1v) is 7.10. The van der Waals surface area contributed by atoms with Gasteiger partial charge in [0.15, 0.2) is 0 Å². The minimum Gasteiger partial charge on any atom is -0.453 e. The molecule has 1 saturated heterocycles. The molecule has 0 unspecified atom stereocenters. The highest BCUT2D eigenvalue weighted by Gasteiger charge is 2.27. The van der Waals surface area contributed by atoms with Crippen molar-refractivity contribution in [2.24, 2.45) is 0 Å². The predicted octanol–water partition coefficient (Wildman–Crippen LogP) is 2.36. The Hall–Kier alpha value is -2.81. The average molecular weight is 296 g/mol. The van der Waals surface area contributed by atoms with Crippen LogP contribution >= 0.6 is 0 Å². The molecule has 6 nitrogen and oxygen atoms in total. The van der Waals surface area contributed by atoms with Gasteiger partial charge in [-0.25, -0.2) is 9.78 Å². The largest absolute Gasteiger partial charge is 0.453 e. The molecule has 0 bridgehead atoms. The molecule has 1 atom stereocenters. The minimum absolute atomic E-state index is 0.110. The average Bonchev–Trinajstić information content (AvgIpc) is 3.01. The maximum Gasteiger partial charge on any atom is 0.409 e. The Balaban J connectivity index is 1.80. The van der Waals surface area contributed by atoms with Gasteiger partial charge in [0.05, 0.1) is 24.3 Å². The van der Waals surface area contributed by atoms with Crippen molar-refractivity contribution in [2.45, 2.75) is 12.5 Å². The van der Waals surface area contributed by atoms with Gasteiger partial charge in [-0.1, -0.05) is 18.2 Å². The number of carbonyl (C=O) groups excluding carboxylic acids is 1. The van der Waals surface area contributed by atoms with Crippen LogP contribution in [0.1, 0.15) is 12.0 Å². The summed E-state index contributed by atoms with van der Waals surface area (Å²) in [5.74, 6) is 0.659. The number of pyridine rings is 1. The van der Waals surface area contributed by atoms with Crippen LogP contribution in [0.25, 0.3) is 10.9 Å². The lowest BCUT2D eigenvalue weighted by Crippen LogP contribution is -2.31. The van der Waals surface area contributed by atoms with Crippen LogP contribution in [0.3, 0.4) is 0 Å². The van der Waals surface area contributed by atoms with Gasteiger partial charge in [-0.2, -0.15) is 5.26 Å². The number of benzene rings is 1. The Labute approximate surface area is 128 Å². The third-order valence-electron chi connectivity index (χ3n) is 3.81. The lowest BCUT2D eigenvalue weighted by atomic mass is 10.1. The van der Waals surface area contributed by atoms with Gasteiger partial charge in [0.2, 0.25) is 0 Å². The van der Waals surface area contributed by atoms with Crippen LogP contribution in [0.5, 0.6) is 0 Å². The summed E-state index contributed by atoms with van der Waals surface area (Å²) >= 11 is 0. The first kappa shape index (κ1) is 14.1. The zero-order valence-corrected chi connectivity index (χ0v) is 12.2. The van der Waals surface area contributed by atoms with Gasteiger partial charge in [0, 0.05) is 24.5 Å². The highest BCUT2D eigenvalue weighted by atomic mass is 16.5. The SMILES string of the molecule is COC(=O)N1CC[C@H](Nc2cc(C#N)c3ccccc3n2)C1. The summed E-state index contributed by atoms with van der Waals surface area (Å²) in [7, 11) is 1.38. The maximum absolute atomic E-state index is 11.5. The van der Waals surface area contributed by atoms with Crippen molar-refractivity contribution < 1.29 is 9.53 Å². The molecule has 1 aliphatic heterocycles. The van der Waals surface area contributed by atoms with Crippen molar-refractivity contribution >= 4 is 22.8 Å². The highest BCUT2D eigenvalue weighted by molar-refractivity contribution is 5.86. The van der Waals surface area contributed by atoms with Crippen LogP contribution in [-0.2, 0) is 4.74 Å². The van der Waals surface area contributed by atoms with Crippen molar-refractivity contribution in [1.82, 2.24) is 9.88 Å². The summed E-state index contributed by atoms with van der Waals surface area (Å²) in [6, 6.07) is 11.6. The Morgan fingerprint density at radius 2 is 2.32 bits per heavy atom. The number of anilines is 1. The first-order valence-electron chi connectivity index (χ1n) is 7.10. The molecular weight excluding hydrogens is 280 g/mol. The summed E-state index contributed by atoms with van der Waals surface area (Å²) < 4.78 is 4.73. The number of hydrogen-bond acceptors (Lipinski definition) is 5. The van der Waals surface area contributed by atoms with E-state index in [0.29, 0.717) is 24.5 Å². The summed E-state index contributed by atoms with van der Waals surface area (Å²) in [5.41, 5.74) is 1.38. The van der Waals surface area contributed by atoms with Crippen LogP contribution in [0.2, 0.25) is 0 Å². The number of likely N-dealkylation sites (tertiary alicyclic amines) is 1. The first-order chi connectivity index (χ1) is 10.7. The number of nitrogens with zero attached hydrogens (tertiary/aromatic N) is 3. The quantitative estimate of drug-likeness (QED) is 0.920. The second-order valence-corrected chi connectivity index (χ2v) is 5.23. The standard InChI is InChI=1S/C16H16N4O2/c1-22-16(21)20-7-6-12(10-20)18-15-8-11(9-17)13-4-2-3-5-14(13)19-15/h2-5,8,12H,6-7,10H2,1H3,(H,18,19)/t12-/m0/s1. The lowest BCUT2D eigenvalue weighted by molar-refractivity contribution is 0.133. The molecule has 1 fully saturated rings. The normalized spacial score (nSPS) is 17.3. The van der Waals surface area contributed by atoms with Gasteiger partial charge in [-0.15, -0.1) is 0 Å². The Bertz CT molecular complexity index is 753. The number of carbonyl (C=O) groups is 1. The third-order valence-corrected chi connectivity index (χ3v) is 3.81. The van der Waals surface area contributed by atoms with E-state index < -0.39 is 0 Å². The molecule has 1 aliphatic rings. The smallest absolute Gasteiger partial charge is 0.409 e. The van der Waals surface area contributed by atoms with Crippen LogP contribution in [-0.4, -0.2) is 42.2 Å². The number of nitriles is 1. The fourth-order valence-corrected chi connectivity index (χ4v) is 2.72. The molecule has 1 aromatic carbocycles. The highest BCUT2D eigenvalue weighted by Crippen LogP contribution is 2.22. The molecule has 2 heterocycles. The molecule has 2 aromatic rings. The van der Waals surface area contributed by atoms with Crippen molar-refractivity contribution in [3.63, 3.8) is 0 Å². The number of fused-ring (bicyclic) bond motifs is 1. The molecule has 112 valence electrons. The maximum atomic E-state index is 11.5. The van der Waals surface area contributed by atoms with E-state index in [-0.39, 0.29) is 12.1 Å². The third kappa shape index (κ3) is 2.66. The zero-order chi connectivity index (χ0) is 15.5. The summed E-state index contributed by atoms with van der Waals surface area (Å²) in [6.45, 7) is 1.23. The van der Waals surface area contributed by atoms with E-state index in [4.69, 9.17) is 4.74 Å². The van der Waals surface area contributed by atoms with Gasteiger partial charge in [-0.05, 0) is 18.6 Å². The number of amides is 1. The molecule has 0 saturated carbocycles. The topological polar surface area (TPSA) is 78.2 Å². The second kappa shape index (κ2) is 5.90. The van der Waals surface area contributed by atoms with Gasteiger partial charge in [0.1, 0.15) is 5.82 Å². The molecule has 1 N–H and O–H groups in total. The minimum atomic E-state index is -0.312. The van der Waals surface area contributed by atoms with E-state index in [0.717, 1.165) is 17.3 Å². The molecule has 1 aromatic heterocycles. The van der Waals surface area contributed by atoms with Crippen LogP contribution in [0.15, 0.2) is 30.3 Å². The number of hydrogen-bond donors (Lipinski definition) is 1. The predicted molar refractivity (Wildman–Crippen MR) is 82.5 cm³/mol. The molecular formula is C16H16N4O2. The Kier molecular flexibility index (Phi) is 3.79. The monoisotopic (exact) mass is 296 g/mol. The molecule has 3 rings (SSSR count). The van der Waals surface area contributed by atoms with E-state index in [2.05, 4.69) is 16.4 Å². The van der Waals surface area contributed by atoms with Crippen molar-refractivity contribution in [1.29, 1.82) is 5.26 Å². The molecule has 0 spiro atoms. The van der Waals surface area contributed by atoms with Crippen LogP contribution in [0.4, 0.5) is 10.6 Å². The number of methoxy groups -OCH3 is 1. The van der Waals surface area contributed by atoms with E-state index in [9.17, 15) is 10.1 Å². The molecule has 6 heteroatoms. The van der Waals surface area contributed by atoms with Gasteiger partial charge in [-0.3, -0.25) is 0 Å². The fourth-order valence-electron chi connectivity index (χ4n) is 2.72. The van der Waals surface area contributed by atoms with Gasteiger partial charge in [0.25, 0.3) is 0 Å². The Morgan fingerprint density at radius 1 is 1.50 bits per heavy atom. The van der Waals surface area contributed by atoms with Gasteiger partial charge >= 0.3 is 6.09 Å². The van der Waals surface area contributed by atoms with Gasteiger partial charge < -0.3 is 15.0 Å². The molecule has 1 amide bonds. The van der Waals surface area contributed by atoms with Crippen LogP contribution in [0, 0.1) is 11.3 Å². The van der Waals surface area contributed by atoms with Crippen molar-refractivity contribution in [3.05, 3.63) is 35.9 Å². The Morgan fingerprint density at radius 3 is 3.09 bits per heavy atom. The number of nitrogens with one attached hydrogen (secondary N) is 1. The van der Waals surface area contributed by atoms with E-state index in [1.807, 2.05) is 24.3 Å². The van der Waals surface area contributed by atoms with E-state index >= 15 is 0 Å². The van der Waals surface area contributed by atoms with E-state index in [1.165, 1.54) is 7.11 Å². The van der Waals surface area contributed by atoms with Crippen molar-refractivity contribution in [3.8, 4) is 6.07 Å². The summed E-state index contributed by atoms with van der Waals surface area (Å²) in [5, 5.41) is 13.4. The molecule has 22 heavy (non-hydrogen) atoms. The number of aromatic nitrogens is 1. The summed E-state index contributed by atoms with van der Waals surface area (Å²) in [6.07, 6.45) is 0.513. The number of para-hydroxylation sites is 1. The molecule has 0 aliphatic carbocycles. The zero-order valence-electron chi connectivity index (χ0n) is 12.2. The van der Waals surface area contributed by atoms with E-state index in [1.54, 1.807) is 11.0 Å². The fraction of sp³-hybridized carbons (Fsp3) is 0.312. The lowest BCUT2D eigenvalue weighted by Gasteiger charge is -2.16. The second-order valence-electron chi connectivity index (χ2n) is 5.23. The molecule has 0 radical (unpaired) electrons. The number of rotatable bonds is 2. The van der Waals surface area contributed by atoms with Crippen LogP contribution < -0.4 is 5.32 Å². The summed E-state index contributed by atoms with van der Waals surface area (Å²) in [4.78, 5) is 17.7. The number of ether oxygens (including phenoxy) is 1.